The molecule has 0 spiro atoms. The van der Waals surface area contributed by atoms with Gasteiger partial charge in [0, 0.05) is 10.3 Å². The molecule has 4 rings (SSSR count). The number of thiophene rings is 1. The van der Waals surface area contributed by atoms with Crippen LogP contribution in [0.2, 0.25) is 0 Å². The zero-order chi connectivity index (χ0) is 19.1. The Balaban J connectivity index is 1.53. The number of rotatable bonds is 5. The summed E-state index contributed by atoms with van der Waals surface area (Å²) in [6.45, 7) is 7.87. The predicted molar refractivity (Wildman–Crippen MR) is 108 cm³/mol. The molecule has 0 aliphatic carbocycles. The summed E-state index contributed by atoms with van der Waals surface area (Å²) >= 11 is 4.51. The summed E-state index contributed by atoms with van der Waals surface area (Å²) in [5.74, 6) is 1.13. The van der Waals surface area contributed by atoms with Gasteiger partial charge in [0.05, 0.1) is 27.8 Å². The lowest BCUT2D eigenvalue weighted by molar-refractivity contribution is 0.418. The van der Waals surface area contributed by atoms with Crippen LogP contribution in [0.15, 0.2) is 19.8 Å². The average molecular weight is 420 g/mol. The minimum Gasteiger partial charge on any atom is -0.416 e. The van der Waals surface area contributed by atoms with Gasteiger partial charge >= 0.3 is 0 Å². The number of H-pyrrole nitrogens is 1. The van der Waals surface area contributed by atoms with E-state index in [4.69, 9.17) is 4.42 Å². The SMILES string of the molecule is Cc1nc(Cc2nnc(SC(C)c3nc4sc(C)c(C)c4c(=O)[nH]3)o2)cs1. The topological polar surface area (TPSA) is 97.6 Å². The molecule has 0 bridgehead atoms. The number of thioether (sulfide) groups is 1. The van der Waals surface area contributed by atoms with Crippen molar-refractivity contribution in [3.63, 3.8) is 0 Å². The Morgan fingerprint density at radius 3 is 2.81 bits per heavy atom. The highest BCUT2D eigenvalue weighted by atomic mass is 32.2. The van der Waals surface area contributed by atoms with Gasteiger partial charge in [0.15, 0.2) is 0 Å². The van der Waals surface area contributed by atoms with E-state index in [2.05, 4.69) is 25.1 Å². The molecule has 27 heavy (non-hydrogen) atoms. The number of fused-ring (bicyclic) bond motifs is 1. The molecule has 7 nitrogen and oxygen atoms in total. The minimum absolute atomic E-state index is 0.102. The van der Waals surface area contributed by atoms with E-state index in [1.165, 1.54) is 11.8 Å². The summed E-state index contributed by atoms with van der Waals surface area (Å²) in [7, 11) is 0. The number of aromatic nitrogens is 5. The molecule has 0 fully saturated rings. The monoisotopic (exact) mass is 419 g/mol. The molecule has 10 heteroatoms. The first-order chi connectivity index (χ1) is 12.9. The van der Waals surface area contributed by atoms with Crippen molar-refractivity contribution in [3.8, 4) is 0 Å². The van der Waals surface area contributed by atoms with Gasteiger partial charge in [0.2, 0.25) is 5.89 Å². The predicted octanol–water partition coefficient (Wildman–Crippen LogP) is 4.19. The van der Waals surface area contributed by atoms with Gasteiger partial charge in [-0.15, -0.1) is 32.9 Å². The molecule has 1 unspecified atom stereocenters. The number of aryl methyl sites for hydroxylation is 3. The standard InChI is InChI=1S/C17H17N5O2S3/c1-7-8(2)26-16-13(7)15(23)19-14(20-16)9(3)27-17-22-21-12(24-17)5-11-6-25-10(4)18-11/h6,9H,5H2,1-4H3,(H,19,20,23). The zero-order valence-corrected chi connectivity index (χ0v) is 17.6. The van der Waals surface area contributed by atoms with Crippen LogP contribution in [-0.2, 0) is 6.42 Å². The Hall–Kier alpha value is -2.04. The largest absolute Gasteiger partial charge is 0.416 e. The van der Waals surface area contributed by atoms with Gasteiger partial charge in [-0.25, -0.2) is 9.97 Å². The van der Waals surface area contributed by atoms with E-state index >= 15 is 0 Å². The Morgan fingerprint density at radius 1 is 1.26 bits per heavy atom. The first-order valence-corrected chi connectivity index (χ1v) is 10.9. The molecule has 4 heterocycles. The second-order valence-corrected chi connectivity index (χ2v) is 9.73. The van der Waals surface area contributed by atoms with Crippen molar-refractivity contribution in [2.24, 2.45) is 0 Å². The number of aromatic amines is 1. The van der Waals surface area contributed by atoms with E-state index in [-0.39, 0.29) is 10.8 Å². The van der Waals surface area contributed by atoms with Gasteiger partial charge in [-0.2, -0.15) is 0 Å². The van der Waals surface area contributed by atoms with Crippen molar-refractivity contribution in [1.29, 1.82) is 0 Å². The van der Waals surface area contributed by atoms with Crippen molar-refractivity contribution in [2.45, 2.75) is 44.6 Å². The maximum atomic E-state index is 12.4. The highest BCUT2D eigenvalue weighted by molar-refractivity contribution is 7.99. The summed E-state index contributed by atoms with van der Waals surface area (Å²) in [6.07, 6.45) is 0.515. The second-order valence-electron chi connectivity index (χ2n) is 6.17. The maximum Gasteiger partial charge on any atom is 0.277 e. The summed E-state index contributed by atoms with van der Waals surface area (Å²) in [5.41, 5.74) is 1.81. The fourth-order valence-electron chi connectivity index (χ4n) is 2.67. The first-order valence-electron chi connectivity index (χ1n) is 8.30. The Kier molecular flexibility index (Phi) is 4.87. The maximum absolute atomic E-state index is 12.4. The molecule has 0 saturated heterocycles. The number of nitrogens with zero attached hydrogens (tertiary/aromatic N) is 4. The molecule has 0 amide bonds. The molecule has 1 atom stereocenters. The number of thiazole rings is 1. The van der Waals surface area contributed by atoms with Gasteiger partial charge in [-0.05, 0) is 33.3 Å². The number of hydrogen-bond acceptors (Lipinski definition) is 9. The van der Waals surface area contributed by atoms with Crippen molar-refractivity contribution in [1.82, 2.24) is 25.1 Å². The highest BCUT2D eigenvalue weighted by Crippen LogP contribution is 2.34. The normalized spacial score (nSPS) is 12.7. The van der Waals surface area contributed by atoms with Crippen LogP contribution in [0, 0.1) is 20.8 Å². The molecule has 0 radical (unpaired) electrons. The van der Waals surface area contributed by atoms with E-state index in [0.717, 1.165) is 26.0 Å². The Morgan fingerprint density at radius 2 is 2.07 bits per heavy atom. The van der Waals surface area contributed by atoms with Crippen LogP contribution in [0.3, 0.4) is 0 Å². The smallest absolute Gasteiger partial charge is 0.277 e. The van der Waals surface area contributed by atoms with Crippen molar-refractivity contribution >= 4 is 44.7 Å². The molecule has 140 valence electrons. The highest BCUT2D eigenvalue weighted by Gasteiger charge is 2.19. The van der Waals surface area contributed by atoms with Crippen LogP contribution in [0.5, 0.6) is 0 Å². The third-order valence-corrected chi connectivity index (χ3v) is 7.03. The van der Waals surface area contributed by atoms with Gasteiger partial charge in [-0.3, -0.25) is 4.79 Å². The zero-order valence-electron chi connectivity index (χ0n) is 15.2. The summed E-state index contributed by atoms with van der Waals surface area (Å²) in [4.78, 5) is 26.3. The van der Waals surface area contributed by atoms with Crippen LogP contribution in [0.25, 0.3) is 10.2 Å². The molecule has 0 saturated carbocycles. The molecule has 0 aliphatic heterocycles. The fraction of sp³-hybridized carbons (Fsp3) is 0.353. The van der Waals surface area contributed by atoms with Crippen LogP contribution in [-0.4, -0.2) is 25.1 Å². The number of hydrogen-bond donors (Lipinski definition) is 1. The Bertz CT molecular complexity index is 1170. The third kappa shape index (κ3) is 3.69. The minimum atomic E-state index is -0.125. The van der Waals surface area contributed by atoms with Crippen LogP contribution < -0.4 is 5.56 Å². The van der Waals surface area contributed by atoms with Crippen molar-refractivity contribution in [2.75, 3.05) is 0 Å². The molecule has 4 aromatic heterocycles. The summed E-state index contributed by atoms with van der Waals surface area (Å²) < 4.78 is 5.72. The summed E-state index contributed by atoms with van der Waals surface area (Å²) in [6, 6.07) is 0. The second kappa shape index (κ2) is 7.17. The molecular weight excluding hydrogens is 402 g/mol. The van der Waals surface area contributed by atoms with Gasteiger partial charge in [0.1, 0.15) is 10.7 Å². The first kappa shape index (κ1) is 18.3. The fourth-order valence-corrected chi connectivity index (χ4v) is 5.08. The van der Waals surface area contributed by atoms with Crippen molar-refractivity contribution < 1.29 is 4.42 Å². The average Bonchev–Trinajstić information content (AvgIpc) is 3.29. The molecule has 1 N–H and O–H groups in total. The lowest BCUT2D eigenvalue weighted by atomic mass is 10.2. The van der Waals surface area contributed by atoms with Gasteiger partial charge in [-0.1, -0.05) is 11.8 Å². The molecule has 4 aromatic rings. The van der Waals surface area contributed by atoms with Crippen LogP contribution in [0.1, 0.15) is 45.0 Å². The molecule has 0 aromatic carbocycles. The Labute approximate surface area is 167 Å². The molecule has 0 aliphatic rings. The third-order valence-electron chi connectivity index (χ3n) is 4.17. The van der Waals surface area contributed by atoms with Crippen LogP contribution >= 0.6 is 34.4 Å². The number of nitrogens with one attached hydrogen (secondary N) is 1. The van der Waals surface area contributed by atoms with Crippen LogP contribution in [0.4, 0.5) is 0 Å². The van der Waals surface area contributed by atoms with E-state index in [9.17, 15) is 4.79 Å². The lowest BCUT2D eigenvalue weighted by Crippen LogP contribution is -2.12. The molecular formula is C17H17N5O2S3. The van der Waals surface area contributed by atoms with E-state index in [0.29, 0.717) is 28.7 Å². The van der Waals surface area contributed by atoms with E-state index in [1.807, 2.05) is 33.1 Å². The van der Waals surface area contributed by atoms with E-state index < -0.39 is 0 Å². The van der Waals surface area contributed by atoms with Gasteiger partial charge < -0.3 is 9.40 Å². The lowest BCUT2D eigenvalue weighted by Gasteiger charge is -2.07. The van der Waals surface area contributed by atoms with Crippen molar-refractivity contribution in [3.05, 3.63) is 48.6 Å². The van der Waals surface area contributed by atoms with E-state index in [1.54, 1.807) is 22.7 Å². The van der Waals surface area contributed by atoms with Gasteiger partial charge in [0.25, 0.3) is 10.8 Å². The quantitative estimate of drug-likeness (QED) is 0.484. The summed E-state index contributed by atoms with van der Waals surface area (Å²) in [5, 5.41) is 12.2.